The predicted molar refractivity (Wildman–Crippen MR) is 98.7 cm³/mol. The Bertz CT molecular complexity index is 1230. The lowest BCUT2D eigenvalue weighted by Crippen LogP contribution is -2.22. The maximum atomic E-state index is 12.9. The Kier molecular flexibility index (Phi) is 3.87. The summed E-state index contributed by atoms with van der Waals surface area (Å²) in [5.41, 5.74) is 0.686. The minimum atomic E-state index is -0.306. The monoisotopic (exact) mass is 350 g/mol. The van der Waals surface area contributed by atoms with Gasteiger partial charge in [0, 0.05) is 18.9 Å². The van der Waals surface area contributed by atoms with E-state index in [2.05, 4.69) is 27.1 Å². The van der Waals surface area contributed by atoms with E-state index in [1.165, 1.54) is 4.57 Å². The average Bonchev–Trinajstić information content (AvgIpc) is 3.07. The van der Waals surface area contributed by atoms with Gasteiger partial charge < -0.3 is 4.57 Å². The van der Waals surface area contributed by atoms with Gasteiger partial charge in [0.05, 0.1) is 21.8 Å². The summed E-state index contributed by atoms with van der Waals surface area (Å²) in [6, 6.07) is 5.17. The van der Waals surface area contributed by atoms with Crippen LogP contribution in [-0.4, -0.2) is 29.3 Å². The number of aromatic amines is 1. The number of H-pyrrole nitrogens is 1. The third kappa shape index (κ3) is 2.59. The van der Waals surface area contributed by atoms with Crippen LogP contribution in [0.5, 0.6) is 0 Å². The molecule has 4 rings (SSSR count). The number of hydrogen-bond donors (Lipinski definition) is 1. The van der Waals surface area contributed by atoms with Crippen LogP contribution in [0.1, 0.15) is 25.6 Å². The molecule has 0 aliphatic heterocycles. The number of pyridine rings is 3. The maximum Gasteiger partial charge on any atom is 0.267 e. The molecule has 0 fully saturated rings. The van der Waals surface area contributed by atoms with E-state index in [4.69, 9.17) is 0 Å². The second-order valence-electron chi connectivity index (χ2n) is 6.23. The molecule has 0 unspecified atom stereocenters. The van der Waals surface area contributed by atoms with Gasteiger partial charge in [0.2, 0.25) is 0 Å². The number of nitrogens with one attached hydrogen (secondary N) is 1. The fourth-order valence-electron chi connectivity index (χ4n) is 2.97. The van der Waals surface area contributed by atoms with Gasteiger partial charge in [-0.25, -0.2) is 9.55 Å². The number of hydrogen-bond acceptors (Lipinski definition) is 5. The number of rotatable bonds is 4. The van der Waals surface area contributed by atoms with Crippen LogP contribution in [0.4, 0.5) is 0 Å². The molecule has 1 N–H and O–H groups in total. The zero-order valence-corrected chi connectivity index (χ0v) is 14.6. The summed E-state index contributed by atoms with van der Waals surface area (Å²) in [4.78, 5) is 34.3. The molecule has 8 heteroatoms. The molecule has 26 heavy (non-hydrogen) atoms. The predicted octanol–water partition coefficient (Wildman–Crippen LogP) is 1.93. The van der Waals surface area contributed by atoms with Crippen molar-refractivity contribution in [2.24, 2.45) is 0 Å². The molecule has 0 bridgehead atoms. The van der Waals surface area contributed by atoms with E-state index in [9.17, 15) is 9.59 Å². The van der Waals surface area contributed by atoms with Crippen molar-refractivity contribution in [2.45, 2.75) is 33.2 Å². The third-order valence-electron chi connectivity index (χ3n) is 4.37. The number of aromatic nitrogens is 6. The summed E-state index contributed by atoms with van der Waals surface area (Å²) in [6.45, 7) is 4.49. The first-order valence-electron chi connectivity index (χ1n) is 8.53. The number of fused-ring (bicyclic) bond motifs is 2. The van der Waals surface area contributed by atoms with Gasteiger partial charge in [0.1, 0.15) is 5.82 Å². The van der Waals surface area contributed by atoms with Crippen molar-refractivity contribution in [2.75, 3.05) is 0 Å². The molecule has 0 aliphatic carbocycles. The molecule has 4 heterocycles. The molecule has 0 saturated heterocycles. The number of unbranched alkanes of at least 4 members (excludes halogenated alkanes) is 1. The fraction of sp³-hybridized carbons (Fsp3) is 0.278. The summed E-state index contributed by atoms with van der Waals surface area (Å²) < 4.78 is 3.01. The molecule has 0 saturated carbocycles. The first-order chi connectivity index (χ1) is 12.6. The lowest BCUT2D eigenvalue weighted by atomic mass is 10.2. The van der Waals surface area contributed by atoms with Crippen molar-refractivity contribution in [1.29, 1.82) is 0 Å². The van der Waals surface area contributed by atoms with Gasteiger partial charge in [-0.05, 0) is 31.5 Å². The van der Waals surface area contributed by atoms with Crippen molar-refractivity contribution in [3.63, 3.8) is 0 Å². The molecule has 0 aliphatic rings. The molecule has 0 radical (unpaired) electrons. The lowest BCUT2D eigenvalue weighted by molar-refractivity contribution is 0.617. The molecule has 0 aromatic carbocycles. The molecule has 4 aromatic heterocycles. The van der Waals surface area contributed by atoms with Crippen LogP contribution in [0.3, 0.4) is 0 Å². The number of nitrogens with zero attached hydrogens (tertiary/aromatic N) is 5. The topological polar surface area (TPSA) is 98.5 Å². The highest BCUT2D eigenvalue weighted by Crippen LogP contribution is 2.15. The first kappa shape index (κ1) is 16.2. The summed E-state index contributed by atoms with van der Waals surface area (Å²) in [6.07, 6.45) is 5.27. The molecule has 0 atom stereocenters. The van der Waals surface area contributed by atoms with Crippen molar-refractivity contribution < 1.29 is 0 Å². The Labute approximate surface area is 148 Å². The molecule has 132 valence electrons. The number of aryl methyl sites for hydroxylation is 2. The first-order valence-corrected chi connectivity index (χ1v) is 8.53. The normalized spacial score (nSPS) is 11.5. The second kappa shape index (κ2) is 6.21. The fourth-order valence-corrected chi connectivity index (χ4v) is 2.97. The second-order valence-corrected chi connectivity index (χ2v) is 6.23. The molecular formula is C18H18N6O2. The van der Waals surface area contributed by atoms with Crippen molar-refractivity contribution in [3.05, 3.63) is 57.1 Å². The molecule has 8 nitrogen and oxygen atoms in total. The largest absolute Gasteiger partial charge is 0.315 e. The van der Waals surface area contributed by atoms with Gasteiger partial charge in [-0.15, -0.1) is 5.10 Å². The van der Waals surface area contributed by atoms with Crippen LogP contribution in [0.25, 0.3) is 27.8 Å². The van der Waals surface area contributed by atoms with Crippen molar-refractivity contribution in [3.8, 4) is 5.95 Å². The molecular weight excluding hydrogens is 332 g/mol. The van der Waals surface area contributed by atoms with Crippen LogP contribution in [0.2, 0.25) is 0 Å². The summed E-state index contributed by atoms with van der Waals surface area (Å²) >= 11 is 0. The molecule has 0 spiro atoms. The highest BCUT2D eigenvalue weighted by atomic mass is 16.1. The van der Waals surface area contributed by atoms with Gasteiger partial charge in [0.15, 0.2) is 0 Å². The van der Waals surface area contributed by atoms with Crippen molar-refractivity contribution >= 4 is 21.8 Å². The van der Waals surface area contributed by atoms with E-state index >= 15 is 0 Å². The maximum absolute atomic E-state index is 12.9. The standard InChI is InChI=1S/C18H18N6O2/c1-3-4-7-23-8-5-14-12(16(23)25)10-13-15(20-14)6-9-24(17(13)26)18-19-11(2)21-22-18/h5-6,8-10H,3-4,7H2,1-2H3,(H,19,21,22). The van der Waals surface area contributed by atoms with Crippen molar-refractivity contribution in [1.82, 2.24) is 29.3 Å². The van der Waals surface area contributed by atoms with E-state index in [-0.39, 0.29) is 17.1 Å². The van der Waals surface area contributed by atoms with Gasteiger partial charge in [-0.3, -0.25) is 14.7 Å². The van der Waals surface area contributed by atoms with Gasteiger partial charge >= 0.3 is 0 Å². The summed E-state index contributed by atoms with van der Waals surface area (Å²) in [5.74, 6) is 0.880. The average molecular weight is 350 g/mol. The van der Waals surface area contributed by atoms with Crippen LogP contribution in [0.15, 0.2) is 40.2 Å². The van der Waals surface area contributed by atoms with E-state index in [0.717, 1.165) is 12.8 Å². The minimum absolute atomic E-state index is 0.131. The summed E-state index contributed by atoms with van der Waals surface area (Å²) in [5, 5.41) is 7.55. The SMILES string of the molecule is CCCCn1ccc2nc3ccn(-c4n[nH]c(C)n4)c(=O)c3cc2c1=O. The Morgan fingerprint density at radius 3 is 2.46 bits per heavy atom. The smallest absolute Gasteiger partial charge is 0.267 e. The lowest BCUT2D eigenvalue weighted by Gasteiger charge is -2.08. The molecule has 0 amide bonds. The zero-order chi connectivity index (χ0) is 18.3. The highest BCUT2D eigenvalue weighted by Gasteiger charge is 2.12. The molecule has 4 aromatic rings. The Balaban J connectivity index is 1.96. The Morgan fingerprint density at radius 2 is 1.77 bits per heavy atom. The van der Waals surface area contributed by atoms with E-state index in [1.807, 2.05) is 6.07 Å². The third-order valence-corrected chi connectivity index (χ3v) is 4.37. The minimum Gasteiger partial charge on any atom is -0.315 e. The van der Waals surface area contributed by atoms with Gasteiger partial charge in [-0.1, -0.05) is 13.3 Å². The van der Waals surface area contributed by atoms with E-state index in [1.54, 1.807) is 36.0 Å². The van der Waals surface area contributed by atoms with Crippen LogP contribution < -0.4 is 11.1 Å². The Morgan fingerprint density at radius 1 is 1.04 bits per heavy atom. The van der Waals surface area contributed by atoms with E-state index in [0.29, 0.717) is 34.2 Å². The quantitative estimate of drug-likeness (QED) is 0.567. The van der Waals surface area contributed by atoms with Crippen LogP contribution >= 0.6 is 0 Å². The van der Waals surface area contributed by atoms with Gasteiger partial charge in [0.25, 0.3) is 17.1 Å². The summed E-state index contributed by atoms with van der Waals surface area (Å²) in [7, 11) is 0. The van der Waals surface area contributed by atoms with Crippen LogP contribution in [0, 0.1) is 6.92 Å². The Hall–Kier alpha value is -3.29. The van der Waals surface area contributed by atoms with Crippen LogP contribution in [-0.2, 0) is 6.54 Å². The zero-order valence-electron chi connectivity index (χ0n) is 14.6. The van der Waals surface area contributed by atoms with E-state index < -0.39 is 0 Å². The van der Waals surface area contributed by atoms with Gasteiger partial charge in [-0.2, -0.15) is 4.98 Å². The highest BCUT2D eigenvalue weighted by molar-refractivity contribution is 5.91.